The lowest BCUT2D eigenvalue weighted by Gasteiger charge is -2.16. The predicted molar refractivity (Wildman–Crippen MR) is 95.4 cm³/mol. The summed E-state index contributed by atoms with van der Waals surface area (Å²) < 4.78 is 9.90. The molecule has 0 saturated carbocycles. The molecule has 26 heavy (non-hydrogen) atoms. The fraction of sp³-hybridized carbons (Fsp3) is 0.211. The van der Waals surface area contributed by atoms with Gasteiger partial charge in [-0.3, -0.25) is 9.59 Å². The van der Waals surface area contributed by atoms with Crippen molar-refractivity contribution in [1.29, 1.82) is 0 Å². The number of hydrogen-bond donors (Lipinski definition) is 1. The van der Waals surface area contributed by atoms with Crippen LogP contribution in [0, 0.1) is 0 Å². The van der Waals surface area contributed by atoms with Crippen LogP contribution in [0.2, 0.25) is 0 Å². The molecule has 2 amide bonds. The summed E-state index contributed by atoms with van der Waals surface area (Å²) in [6.45, 7) is 0.319. The standard InChI is InChI=1S/C19H18N2O5/c22-17(13-26-19(24)10-9-16-3-2-12-25-16)20-14-5-7-15(8-6-14)21-11-1-4-18(21)23/h2-3,5-10,12H,1,4,11,13H2,(H,20,22)/b10-9+. The van der Waals surface area contributed by atoms with Gasteiger partial charge in [-0.05, 0) is 48.9 Å². The summed E-state index contributed by atoms with van der Waals surface area (Å²) in [5, 5.41) is 2.63. The Hall–Kier alpha value is -3.35. The Balaban J connectivity index is 1.45. The number of nitrogens with zero attached hydrogens (tertiary/aromatic N) is 1. The highest BCUT2D eigenvalue weighted by atomic mass is 16.5. The van der Waals surface area contributed by atoms with Crippen molar-refractivity contribution in [3.8, 4) is 0 Å². The van der Waals surface area contributed by atoms with Crippen molar-refractivity contribution in [2.24, 2.45) is 0 Å². The minimum atomic E-state index is -0.639. The highest BCUT2D eigenvalue weighted by Crippen LogP contribution is 2.22. The van der Waals surface area contributed by atoms with Gasteiger partial charge in [-0.15, -0.1) is 0 Å². The smallest absolute Gasteiger partial charge is 0.331 e. The topological polar surface area (TPSA) is 88.8 Å². The Morgan fingerprint density at radius 3 is 2.69 bits per heavy atom. The maximum Gasteiger partial charge on any atom is 0.331 e. The van der Waals surface area contributed by atoms with Gasteiger partial charge in [0.05, 0.1) is 6.26 Å². The van der Waals surface area contributed by atoms with Crippen molar-refractivity contribution in [1.82, 2.24) is 0 Å². The van der Waals surface area contributed by atoms with Crippen LogP contribution in [0.15, 0.2) is 53.2 Å². The molecule has 1 aromatic heterocycles. The van der Waals surface area contributed by atoms with Crippen molar-refractivity contribution < 1.29 is 23.5 Å². The van der Waals surface area contributed by atoms with Crippen molar-refractivity contribution >= 4 is 35.2 Å². The van der Waals surface area contributed by atoms with E-state index in [0.717, 1.165) is 12.1 Å². The van der Waals surface area contributed by atoms with Gasteiger partial charge in [0.15, 0.2) is 6.61 Å². The third-order valence-electron chi connectivity index (χ3n) is 3.81. The van der Waals surface area contributed by atoms with Gasteiger partial charge in [0.1, 0.15) is 5.76 Å². The summed E-state index contributed by atoms with van der Waals surface area (Å²) in [5.41, 5.74) is 1.37. The highest BCUT2D eigenvalue weighted by molar-refractivity contribution is 5.97. The number of carbonyl (C=O) groups is 3. The second kappa shape index (κ2) is 8.15. The molecule has 0 atom stereocenters. The molecule has 1 saturated heterocycles. The molecular formula is C19H18N2O5. The van der Waals surface area contributed by atoms with Gasteiger partial charge in [0.2, 0.25) is 5.91 Å². The van der Waals surface area contributed by atoms with E-state index < -0.39 is 18.5 Å². The van der Waals surface area contributed by atoms with Gasteiger partial charge in [-0.2, -0.15) is 0 Å². The molecule has 0 spiro atoms. The van der Waals surface area contributed by atoms with E-state index in [1.807, 2.05) is 0 Å². The van der Waals surface area contributed by atoms with Gasteiger partial charge in [-0.1, -0.05) is 0 Å². The summed E-state index contributed by atoms with van der Waals surface area (Å²) in [6, 6.07) is 10.3. The highest BCUT2D eigenvalue weighted by Gasteiger charge is 2.21. The number of esters is 1. The van der Waals surface area contributed by atoms with E-state index in [-0.39, 0.29) is 5.91 Å². The van der Waals surface area contributed by atoms with E-state index in [1.54, 1.807) is 41.3 Å². The first kappa shape index (κ1) is 17.5. The second-order valence-electron chi connectivity index (χ2n) is 5.70. The van der Waals surface area contributed by atoms with E-state index in [2.05, 4.69) is 5.32 Å². The number of benzene rings is 1. The Morgan fingerprint density at radius 2 is 2.04 bits per heavy atom. The monoisotopic (exact) mass is 354 g/mol. The van der Waals surface area contributed by atoms with Gasteiger partial charge >= 0.3 is 5.97 Å². The number of carbonyl (C=O) groups excluding carboxylic acids is 3. The molecule has 1 N–H and O–H groups in total. The first-order valence-electron chi connectivity index (χ1n) is 8.20. The Kier molecular flexibility index (Phi) is 5.48. The quantitative estimate of drug-likeness (QED) is 0.636. The van der Waals surface area contributed by atoms with Crippen molar-refractivity contribution in [3.05, 3.63) is 54.5 Å². The first-order chi connectivity index (χ1) is 12.6. The first-order valence-corrected chi connectivity index (χ1v) is 8.20. The van der Waals surface area contributed by atoms with Gasteiger partial charge in [-0.25, -0.2) is 4.79 Å². The lowest BCUT2D eigenvalue weighted by atomic mass is 10.2. The van der Waals surface area contributed by atoms with Crippen molar-refractivity contribution in [2.75, 3.05) is 23.4 Å². The molecule has 1 aromatic carbocycles. The van der Waals surface area contributed by atoms with E-state index in [9.17, 15) is 14.4 Å². The zero-order valence-electron chi connectivity index (χ0n) is 14.0. The summed E-state index contributed by atoms with van der Waals surface area (Å²) in [7, 11) is 0. The van der Waals surface area contributed by atoms with Crippen LogP contribution in [-0.2, 0) is 19.1 Å². The Bertz CT molecular complexity index is 809. The SMILES string of the molecule is O=C(COC(=O)/C=C/c1ccco1)Nc1ccc(N2CCCC2=O)cc1. The number of ether oxygens (including phenoxy) is 1. The van der Waals surface area contributed by atoms with E-state index >= 15 is 0 Å². The maximum absolute atomic E-state index is 11.8. The molecule has 0 bridgehead atoms. The molecule has 1 fully saturated rings. The third-order valence-corrected chi connectivity index (χ3v) is 3.81. The molecule has 3 rings (SSSR count). The molecule has 2 heterocycles. The molecule has 0 radical (unpaired) electrons. The average Bonchev–Trinajstić information content (AvgIpc) is 3.30. The maximum atomic E-state index is 11.8. The molecule has 0 unspecified atom stereocenters. The molecule has 1 aliphatic heterocycles. The fourth-order valence-electron chi connectivity index (χ4n) is 2.56. The Morgan fingerprint density at radius 1 is 1.23 bits per heavy atom. The Labute approximate surface area is 150 Å². The normalized spacial score (nSPS) is 14.0. The van der Waals surface area contributed by atoms with Crippen molar-refractivity contribution in [3.63, 3.8) is 0 Å². The second-order valence-corrected chi connectivity index (χ2v) is 5.70. The molecule has 134 valence electrons. The fourth-order valence-corrected chi connectivity index (χ4v) is 2.56. The number of furan rings is 1. The zero-order chi connectivity index (χ0) is 18.4. The van der Waals surface area contributed by atoms with Gasteiger partial charge in [0, 0.05) is 30.4 Å². The molecule has 7 nitrogen and oxygen atoms in total. The predicted octanol–water partition coefficient (Wildman–Crippen LogP) is 2.60. The lowest BCUT2D eigenvalue weighted by Crippen LogP contribution is -2.23. The third kappa shape index (κ3) is 4.60. The minimum Gasteiger partial charge on any atom is -0.465 e. The van der Waals surface area contributed by atoms with Gasteiger partial charge in [0.25, 0.3) is 5.91 Å². The van der Waals surface area contributed by atoms with E-state index in [0.29, 0.717) is 24.4 Å². The summed E-state index contributed by atoms with van der Waals surface area (Å²) in [5.74, 6) is -0.464. The molecule has 2 aromatic rings. The molecular weight excluding hydrogens is 336 g/mol. The van der Waals surface area contributed by atoms with Crippen LogP contribution in [-0.4, -0.2) is 30.9 Å². The lowest BCUT2D eigenvalue weighted by molar-refractivity contribution is -0.142. The average molecular weight is 354 g/mol. The summed E-state index contributed by atoms with van der Waals surface area (Å²) >= 11 is 0. The van der Waals surface area contributed by atoms with Crippen LogP contribution in [0.1, 0.15) is 18.6 Å². The van der Waals surface area contributed by atoms with Gasteiger partial charge < -0.3 is 19.4 Å². The molecule has 7 heteroatoms. The van der Waals surface area contributed by atoms with Crippen LogP contribution in [0.4, 0.5) is 11.4 Å². The summed E-state index contributed by atoms with van der Waals surface area (Å²) in [6.07, 6.45) is 5.56. The number of anilines is 2. The number of hydrogen-bond acceptors (Lipinski definition) is 5. The minimum absolute atomic E-state index is 0.108. The number of nitrogens with one attached hydrogen (secondary N) is 1. The number of amides is 2. The van der Waals surface area contributed by atoms with E-state index in [1.165, 1.54) is 18.4 Å². The number of rotatable bonds is 6. The van der Waals surface area contributed by atoms with Crippen molar-refractivity contribution in [2.45, 2.75) is 12.8 Å². The van der Waals surface area contributed by atoms with Crippen LogP contribution in [0.5, 0.6) is 0 Å². The van der Waals surface area contributed by atoms with Crippen LogP contribution < -0.4 is 10.2 Å². The molecule has 1 aliphatic rings. The van der Waals surface area contributed by atoms with Crippen LogP contribution in [0.25, 0.3) is 6.08 Å². The van der Waals surface area contributed by atoms with Crippen LogP contribution >= 0.6 is 0 Å². The summed E-state index contributed by atoms with van der Waals surface area (Å²) in [4.78, 5) is 36.8. The van der Waals surface area contributed by atoms with Crippen LogP contribution in [0.3, 0.4) is 0 Å². The zero-order valence-corrected chi connectivity index (χ0v) is 14.0. The largest absolute Gasteiger partial charge is 0.465 e. The van der Waals surface area contributed by atoms with E-state index in [4.69, 9.17) is 9.15 Å². The molecule has 0 aliphatic carbocycles.